The summed E-state index contributed by atoms with van der Waals surface area (Å²) in [6.07, 6.45) is 3.22. The van der Waals surface area contributed by atoms with Crippen molar-refractivity contribution in [2.45, 2.75) is 38.3 Å². The number of hydrogen-bond acceptors (Lipinski definition) is 3. The molecule has 0 amide bonds. The molecule has 13 heavy (non-hydrogen) atoms. The molecule has 3 heteroatoms. The standard InChI is InChI=1S/C10H18N2O/c1-9(5-7-13-2)12-6-3-4-10(12)8-11/h9-10H,3-7H2,1-2H3. The Morgan fingerprint density at radius 1 is 1.69 bits per heavy atom. The number of likely N-dealkylation sites (tertiary alicyclic amines) is 1. The summed E-state index contributed by atoms with van der Waals surface area (Å²) < 4.78 is 5.03. The fourth-order valence-electron chi connectivity index (χ4n) is 1.91. The molecule has 1 saturated heterocycles. The van der Waals surface area contributed by atoms with Crippen LogP contribution < -0.4 is 0 Å². The molecule has 2 atom stereocenters. The van der Waals surface area contributed by atoms with Crippen LogP contribution in [0.15, 0.2) is 0 Å². The van der Waals surface area contributed by atoms with Gasteiger partial charge in [-0.25, -0.2) is 0 Å². The van der Waals surface area contributed by atoms with Crippen LogP contribution in [0.4, 0.5) is 0 Å². The van der Waals surface area contributed by atoms with Gasteiger partial charge in [-0.1, -0.05) is 0 Å². The predicted molar refractivity (Wildman–Crippen MR) is 51.3 cm³/mol. The summed E-state index contributed by atoms with van der Waals surface area (Å²) in [4.78, 5) is 2.29. The van der Waals surface area contributed by atoms with Gasteiger partial charge in [-0.05, 0) is 32.7 Å². The fourth-order valence-corrected chi connectivity index (χ4v) is 1.91. The highest BCUT2D eigenvalue weighted by atomic mass is 16.5. The third-order valence-corrected chi connectivity index (χ3v) is 2.75. The molecule has 0 radical (unpaired) electrons. The molecule has 0 saturated carbocycles. The maximum atomic E-state index is 8.89. The van der Waals surface area contributed by atoms with Gasteiger partial charge in [0.05, 0.1) is 12.1 Å². The monoisotopic (exact) mass is 182 g/mol. The molecular formula is C10H18N2O. The van der Waals surface area contributed by atoms with Gasteiger partial charge in [0.1, 0.15) is 0 Å². The van der Waals surface area contributed by atoms with Crippen LogP contribution in [0.1, 0.15) is 26.2 Å². The van der Waals surface area contributed by atoms with Crippen molar-refractivity contribution in [1.82, 2.24) is 4.90 Å². The average molecular weight is 182 g/mol. The van der Waals surface area contributed by atoms with E-state index in [1.165, 1.54) is 0 Å². The molecule has 2 unspecified atom stereocenters. The molecule has 74 valence electrons. The van der Waals surface area contributed by atoms with E-state index in [2.05, 4.69) is 17.9 Å². The van der Waals surface area contributed by atoms with E-state index in [1.807, 2.05) is 0 Å². The molecule has 0 N–H and O–H groups in total. The van der Waals surface area contributed by atoms with Crippen LogP contribution in [-0.2, 0) is 4.74 Å². The molecule has 1 aliphatic rings. The lowest BCUT2D eigenvalue weighted by molar-refractivity contribution is 0.142. The van der Waals surface area contributed by atoms with Crippen molar-refractivity contribution in [3.8, 4) is 6.07 Å². The summed E-state index contributed by atoms with van der Waals surface area (Å²) in [5.41, 5.74) is 0. The molecule has 3 nitrogen and oxygen atoms in total. The van der Waals surface area contributed by atoms with Crippen molar-refractivity contribution in [1.29, 1.82) is 5.26 Å². The molecular weight excluding hydrogens is 164 g/mol. The molecule has 1 rings (SSSR count). The lowest BCUT2D eigenvalue weighted by Crippen LogP contribution is -2.37. The smallest absolute Gasteiger partial charge is 0.0980 e. The van der Waals surface area contributed by atoms with Gasteiger partial charge in [-0.15, -0.1) is 0 Å². The Kier molecular flexibility index (Phi) is 4.20. The summed E-state index contributed by atoms with van der Waals surface area (Å²) in [5, 5.41) is 8.89. The first-order chi connectivity index (χ1) is 6.29. The minimum Gasteiger partial charge on any atom is -0.385 e. The number of rotatable bonds is 4. The van der Waals surface area contributed by atoms with Gasteiger partial charge in [0.2, 0.25) is 0 Å². The van der Waals surface area contributed by atoms with Gasteiger partial charge in [0.15, 0.2) is 0 Å². The van der Waals surface area contributed by atoms with Gasteiger partial charge in [0.25, 0.3) is 0 Å². The van der Waals surface area contributed by atoms with E-state index in [0.29, 0.717) is 6.04 Å². The molecule has 0 aromatic rings. The van der Waals surface area contributed by atoms with E-state index in [0.717, 1.165) is 32.4 Å². The lowest BCUT2D eigenvalue weighted by Gasteiger charge is -2.26. The Morgan fingerprint density at radius 2 is 2.46 bits per heavy atom. The lowest BCUT2D eigenvalue weighted by atomic mass is 10.2. The highest BCUT2D eigenvalue weighted by Gasteiger charge is 2.27. The largest absolute Gasteiger partial charge is 0.385 e. The van der Waals surface area contributed by atoms with Crippen molar-refractivity contribution in [2.75, 3.05) is 20.3 Å². The van der Waals surface area contributed by atoms with Crippen LogP contribution in [0, 0.1) is 11.3 Å². The van der Waals surface area contributed by atoms with Crippen molar-refractivity contribution in [3.63, 3.8) is 0 Å². The number of ether oxygens (including phenoxy) is 1. The quantitative estimate of drug-likeness (QED) is 0.659. The van der Waals surface area contributed by atoms with Crippen LogP contribution in [0.2, 0.25) is 0 Å². The SMILES string of the molecule is COCCC(C)N1CCCC1C#N. The van der Waals surface area contributed by atoms with E-state index in [4.69, 9.17) is 10.00 Å². The highest BCUT2D eigenvalue weighted by molar-refractivity contribution is 4.97. The predicted octanol–water partition coefficient (Wildman–Crippen LogP) is 1.40. The second-order valence-corrected chi connectivity index (χ2v) is 3.66. The zero-order valence-corrected chi connectivity index (χ0v) is 8.49. The third-order valence-electron chi connectivity index (χ3n) is 2.75. The topological polar surface area (TPSA) is 36.3 Å². The minimum absolute atomic E-state index is 0.145. The minimum atomic E-state index is 0.145. The van der Waals surface area contributed by atoms with E-state index in [9.17, 15) is 0 Å². The van der Waals surface area contributed by atoms with Crippen LogP contribution in [-0.4, -0.2) is 37.2 Å². The number of nitriles is 1. The zero-order valence-electron chi connectivity index (χ0n) is 8.49. The number of hydrogen-bond donors (Lipinski definition) is 0. The summed E-state index contributed by atoms with van der Waals surface area (Å²) in [5.74, 6) is 0. The zero-order chi connectivity index (χ0) is 9.68. The fraction of sp³-hybridized carbons (Fsp3) is 0.900. The van der Waals surface area contributed by atoms with Gasteiger partial charge in [0, 0.05) is 19.8 Å². The summed E-state index contributed by atoms with van der Waals surface area (Å²) in [6, 6.07) is 2.98. The van der Waals surface area contributed by atoms with Crippen LogP contribution in [0.25, 0.3) is 0 Å². The van der Waals surface area contributed by atoms with Gasteiger partial charge in [-0.2, -0.15) is 5.26 Å². The third kappa shape index (κ3) is 2.68. The number of methoxy groups -OCH3 is 1. The van der Waals surface area contributed by atoms with Crippen LogP contribution in [0.3, 0.4) is 0 Å². The first kappa shape index (κ1) is 10.5. The van der Waals surface area contributed by atoms with Gasteiger partial charge >= 0.3 is 0 Å². The van der Waals surface area contributed by atoms with E-state index >= 15 is 0 Å². The maximum Gasteiger partial charge on any atom is 0.0980 e. The molecule has 0 aromatic heterocycles. The van der Waals surface area contributed by atoms with Crippen molar-refractivity contribution < 1.29 is 4.74 Å². The summed E-state index contributed by atoms with van der Waals surface area (Å²) in [6.45, 7) is 4.04. The van der Waals surface area contributed by atoms with Crippen molar-refractivity contribution in [2.24, 2.45) is 0 Å². The summed E-state index contributed by atoms with van der Waals surface area (Å²) in [7, 11) is 1.72. The molecule has 1 fully saturated rings. The molecule has 1 aliphatic heterocycles. The van der Waals surface area contributed by atoms with E-state index in [1.54, 1.807) is 7.11 Å². The van der Waals surface area contributed by atoms with Crippen LogP contribution >= 0.6 is 0 Å². The normalized spacial score (nSPS) is 25.8. The van der Waals surface area contributed by atoms with Crippen molar-refractivity contribution >= 4 is 0 Å². The number of nitrogens with zero attached hydrogens (tertiary/aromatic N) is 2. The van der Waals surface area contributed by atoms with E-state index in [-0.39, 0.29) is 6.04 Å². The highest BCUT2D eigenvalue weighted by Crippen LogP contribution is 2.20. The first-order valence-corrected chi connectivity index (χ1v) is 4.94. The molecule has 0 bridgehead atoms. The second kappa shape index (κ2) is 5.21. The second-order valence-electron chi connectivity index (χ2n) is 3.66. The van der Waals surface area contributed by atoms with Gasteiger partial charge < -0.3 is 4.74 Å². The first-order valence-electron chi connectivity index (χ1n) is 4.94. The van der Waals surface area contributed by atoms with Crippen molar-refractivity contribution in [3.05, 3.63) is 0 Å². The van der Waals surface area contributed by atoms with Gasteiger partial charge in [-0.3, -0.25) is 4.90 Å². The molecule has 0 aromatic carbocycles. The molecule has 0 aliphatic carbocycles. The molecule has 0 spiro atoms. The maximum absolute atomic E-state index is 8.89. The Balaban J connectivity index is 2.37. The van der Waals surface area contributed by atoms with E-state index < -0.39 is 0 Å². The average Bonchev–Trinajstić information content (AvgIpc) is 2.61. The summed E-state index contributed by atoms with van der Waals surface area (Å²) >= 11 is 0. The van der Waals surface area contributed by atoms with Crippen LogP contribution in [0.5, 0.6) is 0 Å². The Hall–Kier alpha value is -0.590. The molecule has 1 heterocycles. The Bertz CT molecular complexity index is 188. The Morgan fingerprint density at radius 3 is 3.08 bits per heavy atom. The Labute approximate surface area is 80.3 Å².